The Morgan fingerprint density at radius 2 is 1.94 bits per heavy atom. The molecule has 3 aromatic rings. The molecule has 0 spiro atoms. The van der Waals surface area contributed by atoms with Gasteiger partial charge in [0.05, 0.1) is 6.54 Å². The minimum Gasteiger partial charge on any atom is -0.483 e. The van der Waals surface area contributed by atoms with Crippen LogP contribution in [0.5, 0.6) is 0 Å². The number of rotatable bonds is 5. The predicted octanol–water partition coefficient (Wildman–Crippen LogP) is 3.73. The van der Waals surface area contributed by atoms with E-state index >= 15 is 0 Å². The largest absolute Gasteiger partial charge is 0.483 e. The van der Waals surface area contributed by atoms with E-state index in [2.05, 4.69) is 15.6 Å². The van der Waals surface area contributed by atoms with Crippen molar-refractivity contribution in [2.45, 2.75) is 25.9 Å². The van der Waals surface area contributed by atoms with Crippen LogP contribution in [0.4, 0.5) is 10.5 Å². The molecule has 0 unspecified atom stereocenters. The minimum absolute atomic E-state index is 0.156. The number of urea groups is 1. The lowest BCUT2D eigenvalue weighted by Gasteiger charge is -2.27. The molecule has 0 fully saturated rings. The molecule has 34 heavy (non-hydrogen) atoms. The van der Waals surface area contributed by atoms with Gasteiger partial charge < -0.3 is 31.4 Å². The van der Waals surface area contributed by atoms with E-state index in [1.165, 1.54) is 5.56 Å². The summed E-state index contributed by atoms with van der Waals surface area (Å²) in [5.74, 6) is -0.177. The predicted molar refractivity (Wildman–Crippen MR) is 132 cm³/mol. The lowest BCUT2D eigenvalue weighted by Crippen LogP contribution is -2.42. The summed E-state index contributed by atoms with van der Waals surface area (Å²) in [4.78, 5) is 38.0. The summed E-state index contributed by atoms with van der Waals surface area (Å²) < 4.78 is 0. The zero-order chi connectivity index (χ0) is 24.7. The van der Waals surface area contributed by atoms with Crippen molar-refractivity contribution >= 4 is 58.2 Å². The van der Waals surface area contributed by atoms with E-state index < -0.39 is 0 Å². The van der Waals surface area contributed by atoms with Crippen LogP contribution in [0.3, 0.4) is 0 Å². The van der Waals surface area contributed by atoms with Crippen LogP contribution in [-0.4, -0.2) is 46.5 Å². The molecule has 2 heterocycles. The van der Waals surface area contributed by atoms with Gasteiger partial charge >= 0.3 is 6.03 Å². The first-order valence-electron chi connectivity index (χ1n) is 10.5. The van der Waals surface area contributed by atoms with E-state index in [-0.39, 0.29) is 31.4 Å². The second kappa shape index (κ2) is 11.7. The van der Waals surface area contributed by atoms with Gasteiger partial charge in [0.25, 0.3) is 6.47 Å². The Balaban J connectivity index is 0.00000103. The fourth-order valence-corrected chi connectivity index (χ4v) is 4.28. The summed E-state index contributed by atoms with van der Waals surface area (Å²) >= 11 is 12.3. The van der Waals surface area contributed by atoms with E-state index in [1.54, 1.807) is 23.1 Å². The molecular weight excluding hydrogens is 481 g/mol. The maximum Gasteiger partial charge on any atom is 0.318 e. The highest BCUT2D eigenvalue weighted by Crippen LogP contribution is 2.29. The van der Waals surface area contributed by atoms with Crippen LogP contribution in [0.1, 0.15) is 23.2 Å². The van der Waals surface area contributed by atoms with E-state index in [0.717, 1.165) is 28.6 Å². The Morgan fingerprint density at radius 1 is 1.18 bits per heavy atom. The first-order valence-corrected chi connectivity index (χ1v) is 11.3. The van der Waals surface area contributed by atoms with Crippen LogP contribution in [0.25, 0.3) is 10.9 Å². The number of benzene rings is 2. The maximum absolute atomic E-state index is 12.7. The van der Waals surface area contributed by atoms with Crippen molar-refractivity contribution in [2.75, 3.05) is 18.4 Å². The van der Waals surface area contributed by atoms with Crippen LogP contribution in [0.15, 0.2) is 36.4 Å². The molecule has 4 rings (SSSR count). The second-order valence-electron chi connectivity index (χ2n) is 7.64. The van der Waals surface area contributed by atoms with Crippen molar-refractivity contribution in [3.05, 3.63) is 63.3 Å². The molecule has 0 atom stereocenters. The zero-order valence-corrected chi connectivity index (χ0v) is 19.7. The molecule has 1 aromatic heterocycles. The van der Waals surface area contributed by atoms with E-state index in [9.17, 15) is 9.59 Å². The summed E-state index contributed by atoms with van der Waals surface area (Å²) in [6.45, 7) is 1.44. The number of halogens is 2. The lowest BCUT2D eigenvalue weighted by atomic mass is 10.0. The van der Waals surface area contributed by atoms with Crippen LogP contribution < -0.4 is 16.4 Å². The molecule has 0 saturated heterocycles. The number of carbonyl (C=O) groups is 3. The smallest absolute Gasteiger partial charge is 0.318 e. The normalized spacial score (nSPS) is 12.4. The number of anilines is 1. The number of amides is 3. The van der Waals surface area contributed by atoms with Gasteiger partial charge in [-0.05, 0) is 53.9 Å². The van der Waals surface area contributed by atoms with E-state index in [4.69, 9.17) is 38.8 Å². The summed E-state index contributed by atoms with van der Waals surface area (Å²) in [7, 11) is 0. The van der Waals surface area contributed by atoms with Crippen LogP contribution in [-0.2, 0) is 29.1 Å². The molecule has 0 saturated carbocycles. The van der Waals surface area contributed by atoms with Gasteiger partial charge in [0.2, 0.25) is 5.91 Å². The third-order valence-electron chi connectivity index (χ3n) is 5.28. The third kappa shape index (κ3) is 6.40. The first-order chi connectivity index (χ1) is 16.3. The van der Waals surface area contributed by atoms with Crippen LogP contribution in [0, 0.1) is 0 Å². The Labute approximate surface area is 206 Å². The number of nitrogens with one attached hydrogen (secondary N) is 3. The highest BCUT2D eigenvalue weighted by Gasteiger charge is 2.24. The number of aromatic nitrogens is 1. The monoisotopic (exact) mass is 505 g/mol. The molecule has 9 nitrogen and oxygen atoms in total. The topological polar surface area (TPSA) is 141 Å². The number of aromatic amines is 1. The molecule has 1 aliphatic heterocycles. The number of fused-ring (bicyclic) bond motifs is 3. The highest BCUT2D eigenvalue weighted by molar-refractivity contribution is 6.31. The van der Waals surface area contributed by atoms with Gasteiger partial charge in [-0.2, -0.15) is 0 Å². The van der Waals surface area contributed by atoms with Crippen molar-refractivity contribution in [2.24, 2.45) is 5.73 Å². The maximum atomic E-state index is 12.7. The van der Waals surface area contributed by atoms with Crippen molar-refractivity contribution in [1.29, 1.82) is 0 Å². The number of nitrogens with two attached hydrogens (primary N) is 1. The van der Waals surface area contributed by atoms with Crippen molar-refractivity contribution in [3.63, 3.8) is 0 Å². The van der Waals surface area contributed by atoms with Gasteiger partial charge in [0.1, 0.15) is 0 Å². The number of carbonyl (C=O) groups excluding carboxylic acids is 2. The molecule has 180 valence electrons. The second-order valence-corrected chi connectivity index (χ2v) is 8.52. The molecule has 11 heteroatoms. The third-order valence-corrected chi connectivity index (χ3v) is 5.73. The molecule has 0 aliphatic carbocycles. The Morgan fingerprint density at radius 3 is 2.68 bits per heavy atom. The Kier molecular flexibility index (Phi) is 8.75. The van der Waals surface area contributed by atoms with Gasteiger partial charge in [-0.25, -0.2) is 4.79 Å². The minimum atomic E-state index is -0.250. The lowest BCUT2D eigenvalue weighted by molar-refractivity contribution is -0.123. The highest BCUT2D eigenvalue weighted by atomic mass is 35.5. The van der Waals surface area contributed by atoms with E-state index in [1.807, 2.05) is 18.2 Å². The SMILES string of the molecule is NCCC(=O)Nc1cc(Cl)cc(CNC(=O)N2CCc3c([nH]c4ccc(Cl)cc34)C2)c1.O=CO. The fourth-order valence-electron chi connectivity index (χ4n) is 3.85. The van der Waals surface area contributed by atoms with Gasteiger partial charge in [-0.3, -0.25) is 9.59 Å². The molecule has 1 aliphatic rings. The summed E-state index contributed by atoms with van der Waals surface area (Å²) in [6.07, 6.45) is 0.993. The standard InChI is InChI=1S/C22H23Cl2N5O2.CH2O2/c23-14-1-2-19-18(10-14)17-4-6-29(12-20(17)28-19)22(31)26-11-13-7-15(24)9-16(8-13)27-21(30)3-5-25;2-1-3/h1-2,7-10,28H,3-6,11-12,25H2,(H,26,31)(H,27,30);1H,(H,2,3). The molecule has 0 radical (unpaired) electrons. The summed E-state index contributed by atoms with van der Waals surface area (Å²) in [5.41, 5.74) is 10.1. The summed E-state index contributed by atoms with van der Waals surface area (Å²) in [5, 5.41) is 14.9. The fraction of sp³-hybridized carbons (Fsp3) is 0.261. The number of H-pyrrole nitrogens is 1. The van der Waals surface area contributed by atoms with Gasteiger partial charge in [-0.1, -0.05) is 23.2 Å². The first kappa shape index (κ1) is 25.4. The molecule has 2 aromatic carbocycles. The van der Waals surface area contributed by atoms with Crippen molar-refractivity contribution in [3.8, 4) is 0 Å². The van der Waals surface area contributed by atoms with Crippen LogP contribution >= 0.6 is 23.2 Å². The van der Waals surface area contributed by atoms with Gasteiger partial charge in [-0.15, -0.1) is 0 Å². The van der Waals surface area contributed by atoms with Crippen molar-refractivity contribution in [1.82, 2.24) is 15.2 Å². The molecule has 3 amide bonds. The number of hydrogen-bond donors (Lipinski definition) is 5. The molecule has 0 bridgehead atoms. The van der Waals surface area contributed by atoms with Crippen molar-refractivity contribution < 1.29 is 19.5 Å². The average molecular weight is 506 g/mol. The number of hydrogen-bond acceptors (Lipinski definition) is 4. The Bertz CT molecular complexity index is 1200. The zero-order valence-electron chi connectivity index (χ0n) is 18.2. The average Bonchev–Trinajstić information content (AvgIpc) is 3.14. The van der Waals surface area contributed by atoms with Crippen LogP contribution in [0.2, 0.25) is 10.0 Å². The summed E-state index contributed by atoms with van der Waals surface area (Å²) in [6, 6.07) is 10.8. The van der Waals surface area contributed by atoms with Gasteiger partial charge in [0.15, 0.2) is 0 Å². The quantitative estimate of drug-likeness (QED) is 0.336. The molecule has 6 N–H and O–H groups in total. The molecular formula is C23H25Cl2N5O4. The number of carboxylic acid groups (broad SMARTS) is 1. The Hall–Kier alpha value is -3.27. The van der Waals surface area contributed by atoms with Gasteiger partial charge in [0, 0.05) is 58.4 Å². The number of nitrogens with zero attached hydrogens (tertiary/aromatic N) is 1. The van der Waals surface area contributed by atoms with E-state index in [0.29, 0.717) is 35.4 Å².